The van der Waals surface area contributed by atoms with Crippen molar-refractivity contribution in [1.29, 1.82) is 0 Å². The van der Waals surface area contributed by atoms with Crippen LogP contribution in [0.25, 0.3) is 0 Å². The van der Waals surface area contributed by atoms with E-state index in [9.17, 15) is 4.79 Å². The van der Waals surface area contributed by atoms with Crippen LogP contribution in [0.4, 0.5) is 5.69 Å². The van der Waals surface area contributed by atoms with Gasteiger partial charge in [0.1, 0.15) is 10.7 Å². The van der Waals surface area contributed by atoms with Crippen molar-refractivity contribution in [2.75, 3.05) is 5.73 Å². The van der Waals surface area contributed by atoms with Gasteiger partial charge in [-0.15, -0.1) is 0 Å². The largest absolute Gasteiger partial charge is 0.477 e. The molecular formula is C11H9N3O2S. The molecule has 0 unspecified atom stereocenters. The SMILES string of the molecule is Nc1ccc(C(=O)O)nc1Sc1ccncc1. The molecule has 0 aromatic carbocycles. The lowest BCUT2D eigenvalue weighted by Gasteiger charge is -2.05. The summed E-state index contributed by atoms with van der Waals surface area (Å²) in [7, 11) is 0. The van der Waals surface area contributed by atoms with Crippen LogP contribution in [0, 0.1) is 0 Å². The summed E-state index contributed by atoms with van der Waals surface area (Å²) in [6.45, 7) is 0. The van der Waals surface area contributed by atoms with Crippen molar-refractivity contribution in [2.45, 2.75) is 9.92 Å². The average molecular weight is 247 g/mol. The zero-order valence-electron chi connectivity index (χ0n) is 8.70. The minimum atomic E-state index is -1.07. The maximum absolute atomic E-state index is 10.8. The minimum Gasteiger partial charge on any atom is -0.477 e. The Bertz CT molecular complexity index is 546. The van der Waals surface area contributed by atoms with Gasteiger partial charge in [0.2, 0.25) is 0 Å². The van der Waals surface area contributed by atoms with Crippen LogP contribution in [0.15, 0.2) is 46.6 Å². The molecule has 0 atom stereocenters. The fourth-order valence-electron chi connectivity index (χ4n) is 1.17. The molecule has 0 fully saturated rings. The molecule has 0 bridgehead atoms. The summed E-state index contributed by atoms with van der Waals surface area (Å²) in [6, 6.07) is 6.53. The van der Waals surface area contributed by atoms with Gasteiger partial charge >= 0.3 is 5.97 Å². The molecule has 86 valence electrons. The number of carboxylic acids is 1. The predicted molar refractivity (Wildman–Crippen MR) is 64.0 cm³/mol. The summed E-state index contributed by atoms with van der Waals surface area (Å²) >= 11 is 1.31. The highest BCUT2D eigenvalue weighted by atomic mass is 32.2. The summed E-state index contributed by atoms with van der Waals surface area (Å²) in [4.78, 5) is 19.6. The normalized spacial score (nSPS) is 10.1. The summed E-state index contributed by atoms with van der Waals surface area (Å²) < 4.78 is 0. The molecule has 2 rings (SSSR count). The quantitative estimate of drug-likeness (QED) is 0.861. The van der Waals surface area contributed by atoms with Gasteiger partial charge in [-0.3, -0.25) is 4.98 Å². The monoisotopic (exact) mass is 247 g/mol. The van der Waals surface area contributed by atoms with E-state index in [1.807, 2.05) is 0 Å². The molecule has 0 amide bonds. The second-order valence-corrected chi connectivity index (χ2v) is 4.24. The molecule has 0 saturated heterocycles. The number of aromatic nitrogens is 2. The topological polar surface area (TPSA) is 89.1 Å². The highest BCUT2D eigenvalue weighted by molar-refractivity contribution is 7.99. The van der Waals surface area contributed by atoms with Crippen molar-refractivity contribution < 1.29 is 9.90 Å². The van der Waals surface area contributed by atoms with Gasteiger partial charge in [0.15, 0.2) is 0 Å². The first kappa shape index (κ1) is 11.4. The van der Waals surface area contributed by atoms with E-state index in [1.165, 1.54) is 17.8 Å². The zero-order valence-corrected chi connectivity index (χ0v) is 9.52. The number of carbonyl (C=O) groups is 1. The number of nitrogens with two attached hydrogens (primary N) is 1. The Labute approximate surface area is 102 Å². The molecule has 0 aliphatic rings. The number of rotatable bonds is 3. The van der Waals surface area contributed by atoms with Gasteiger partial charge in [-0.25, -0.2) is 9.78 Å². The van der Waals surface area contributed by atoms with Crippen LogP contribution in [0.2, 0.25) is 0 Å². The van der Waals surface area contributed by atoms with E-state index < -0.39 is 5.97 Å². The summed E-state index contributed by atoms with van der Waals surface area (Å²) in [5, 5.41) is 9.33. The van der Waals surface area contributed by atoms with Gasteiger partial charge in [-0.2, -0.15) is 0 Å². The van der Waals surface area contributed by atoms with Crippen LogP contribution in [0.1, 0.15) is 10.5 Å². The molecule has 2 aromatic heterocycles. The maximum Gasteiger partial charge on any atom is 0.354 e. The van der Waals surface area contributed by atoms with Gasteiger partial charge in [0, 0.05) is 17.3 Å². The van der Waals surface area contributed by atoms with Crippen LogP contribution in [-0.2, 0) is 0 Å². The molecular weight excluding hydrogens is 238 g/mol. The number of carboxylic acid groups (broad SMARTS) is 1. The fourth-order valence-corrected chi connectivity index (χ4v) is 1.98. The highest BCUT2D eigenvalue weighted by Crippen LogP contribution is 2.29. The van der Waals surface area contributed by atoms with Crippen molar-refractivity contribution in [3.8, 4) is 0 Å². The number of pyridine rings is 2. The molecule has 0 aliphatic heterocycles. The Balaban J connectivity index is 2.32. The van der Waals surface area contributed by atoms with E-state index in [4.69, 9.17) is 10.8 Å². The number of anilines is 1. The smallest absolute Gasteiger partial charge is 0.354 e. The van der Waals surface area contributed by atoms with E-state index >= 15 is 0 Å². The molecule has 0 aliphatic carbocycles. The van der Waals surface area contributed by atoms with Gasteiger partial charge in [-0.1, -0.05) is 11.8 Å². The third kappa shape index (κ3) is 2.73. The standard InChI is InChI=1S/C11H9N3O2S/c12-8-1-2-9(11(15)16)14-10(8)17-7-3-5-13-6-4-7/h1-6H,12H2,(H,15,16). The van der Waals surface area contributed by atoms with Crippen molar-refractivity contribution in [3.05, 3.63) is 42.4 Å². The Hall–Kier alpha value is -2.08. The second-order valence-electron chi connectivity index (χ2n) is 3.18. The van der Waals surface area contributed by atoms with Gasteiger partial charge in [0.05, 0.1) is 5.69 Å². The average Bonchev–Trinajstić information content (AvgIpc) is 2.33. The first-order valence-electron chi connectivity index (χ1n) is 4.74. The number of aromatic carboxylic acids is 1. The van der Waals surface area contributed by atoms with Gasteiger partial charge in [0.25, 0.3) is 0 Å². The first-order chi connectivity index (χ1) is 8.16. The minimum absolute atomic E-state index is 0.0178. The first-order valence-corrected chi connectivity index (χ1v) is 5.56. The Morgan fingerprint density at radius 3 is 2.59 bits per heavy atom. The van der Waals surface area contributed by atoms with E-state index in [0.29, 0.717) is 10.7 Å². The second kappa shape index (κ2) is 4.84. The van der Waals surface area contributed by atoms with Crippen LogP contribution >= 0.6 is 11.8 Å². The summed E-state index contributed by atoms with van der Waals surface area (Å²) in [6.07, 6.45) is 3.30. The third-order valence-electron chi connectivity index (χ3n) is 1.97. The van der Waals surface area contributed by atoms with E-state index in [-0.39, 0.29) is 5.69 Å². The summed E-state index contributed by atoms with van der Waals surface area (Å²) in [5.74, 6) is -1.07. The zero-order chi connectivity index (χ0) is 12.3. The van der Waals surface area contributed by atoms with E-state index in [2.05, 4.69) is 9.97 Å². The Kier molecular flexibility index (Phi) is 3.24. The number of nitrogens with zero attached hydrogens (tertiary/aromatic N) is 2. The molecule has 6 heteroatoms. The number of nitrogen functional groups attached to an aromatic ring is 1. The molecule has 2 aromatic rings. The molecule has 2 heterocycles. The molecule has 0 saturated carbocycles. The maximum atomic E-state index is 10.8. The predicted octanol–water partition coefficient (Wildman–Crippen LogP) is 1.91. The molecule has 3 N–H and O–H groups in total. The van der Waals surface area contributed by atoms with Crippen molar-refractivity contribution in [3.63, 3.8) is 0 Å². The van der Waals surface area contributed by atoms with Gasteiger partial charge in [-0.05, 0) is 24.3 Å². The van der Waals surface area contributed by atoms with Crippen LogP contribution in [-0.4, -0.2) is 21.0 Å². The molecule has 17 heavy (non-hydrogen) atoms. The lowest BCUT2D eigenvalue weighted by Crippen LogP contribution is -2.02. The Morgan fingerprint density at radius 2 is 1.94 bits per heavy atom. The van der Waals surface area contributed by atoms with E-state index in [0.717, 1.165) is 4.90 Å². The van der Waals surface area contributed by atoms with Crippen molar-refractivity contribution in [2.24, 2.45) is 0 Å². The lowest BCUT2D eigenvalue weighted by atomic mass is 10.3. The molecule has 5 nitrogen and oxygen atoms in total. The van der Waals surface area contributed by atoms with Crippen LogP contribution in [0.5, 0.6) is 0 Å². The van der Waals surface area contributed by atoms with E-state index in [1.54, 1.807) is 30.6 Å². The lowest BCUT2D eigenvalue weighted by molar-refractivity contribution is 0.0690. The molecule has 0 radical (unpaired) electrons. The van der Waals surface area contributed by atoms with Crippen molar-refractivity contribution >= 4 is 23.4 Å². The number of hydrogen-bond donors (Lipinski definition) is 2. The number of hydrogen-bond acceptors (Lipinski definition) is 5. The highest BCUT2D eigenvalue weighted by Gasteiger charge is 2.09. The van der Waals surface area contributed by atoms with Crippen LogP contribution in [0.3, 0.4) is 0 Å². The van der Waals surface area contributed by atoms with Gasteiger partial charge < -0.3 is 10.8 Å². The summed E-state index contributed by atoms with van der Waals surface area (Å²) in [5.41, 5.74) is 6.18. The fraction of sp³-hybridized carbons (Fsp3) is 0. The third-order valence-corrected chi connectivity index (χ3v) is 3.00. The molecule has 0 spiro atoms. The van der Waals surface area contributed by atoms with Crippen LogP contribution < -0.4 is 5.73 Å². The Morgan fingerprint density at radius 1 is 1.24 bits per heavy atom. The van der Waals surface area contributed by atoms with Crippen molar-refractivity contribution in [1.82, 2.24) is 9.97 Å².